The quantitative estimate of drug-likeness (QED) is 0.849. The van der Waals surface area contributed by atoms with Gasteiger partial charge >= 0.3 is 0 Å². The van der Waals surface area contributed by atoms with Gasteiger partial charge in [-0.05, 0) is 30.2 Å². The van der Waals surface area contributed by atoms with Crippen LogP contribution in [-0.4, -0.2) is 20.6 Å². The molecule has 0 aliphatic heterocycles. The number of aryl methyl sites for hydroxylation is 1. The maximum absolute atomic E-state index is 12.2. The second-order valence-electron chi connectivity index (χ2n) is 5.46. The number of nitrogens with one attached hydrogen (secondary N) is 2. The smallest absolute Gasteiger partial charge is 0.251 e. The minimum absolute atomic E-state index is 0.165. The zero-order valence-corrected chi connectivity index (χ0v) is 14.0. The third-order valence-corrected chi connectivity index (χ3v) is 3.97. The Morgan fingerprint density at radius 1 is 1.00 bits per heavy atom. The van der Waals surface area contributed by atoms with Gasteiger partial charge in [-0.1, -0.05) is 42.0 Å². The SMILES string of the molecule is Cc1ccc(CNC(=O)c2cccc(CNS(C)(=O)=O)c2)cc1. The monoisotopic (exact) mass is 332 g/mol. The third kappa shape index (κ3) is 5.84. The molecule has 1 amide bonds. The highest BCUT2D eigenvalue weighted by Gasteiger charge is 2.07. The van der Waals surface area contributed by atoms with Crippen molar-refractivity contribution in [3.8, 4) is 0 Å². The number of amides is 1. The van der Waals surface area contributed by atoms with Crippen LogP contribution in [0.4, 0.5) is 0 Å². The summed E-state index contributed by atoms with van der Waals surface area (Å²) in [6.07, 6.45) is 1.10. The molecule has 0 unspecified atom stereocenters. The van der Waals surface area contributed by atoms with E-state index in [2.05, 4.69) is 10.0 Å². The highest BCUT2D eigenvalue weighted by Crippen LogP contribution is 2.07. The molecule has 6 heteroatoms. The van der Waals surface area contributed by atoms with Crippen molar-refractivity contribution in [3.05, 3.63) is 70.8 Å². The van der Waals surface area contributed by atoms with Gasteiger partial charge in [0.15, 0.2) is 0 Å². The summed E-state index contributed by atoms with van der Waals surface area (Å²) in [5.74, 6) is -0.188. The van der Waals surface area contributed by atoms with Gasteiger partial charge < -0.3 is 5.32 Å². The first-order valence-electron chi connectivity index (χ1n) is 7.21. The minimum Gasteiger partial charge on any atom is -0.348 e. The van der Waals surface area contributed by atoms with Crippen molar-refractivity contribution in [3.63, 3.8) is 0 Å². The van der Waals surface area contributed by atoms with Crippen LogP contribution in [-0.2, 0) is 23.1 Å². The van der Waals surface area contributed by atoms with E-state index in [1.807, 2.05) is 31.2 Å². The lowest BCUT2D eigenvalue weighted by molar-refractivity contribution is 0.0951. The first-order valence-corrected chi connectivity index (χ1v) is 9.10. The summed E-state index contributed by atoms with van der Waals surface area (Å²) < 4.78 is 24.6. The molecular weight excluding hydrogens is 312 g/mol. The molecule has 0 saturated carbocycles. The fourth-order valence-electron chi connectivity index (χ4n) is 2.03. The van der Waals surface area contributed by atoms with E-state index < -0.39 is 10.0 Å². The molecule has 0 aliphatic rings. The molecule has 0 atom stereocenters. The number of rotatable bonds is 6. The summed E-state index contributed by atoms with van der Waals surface area (Å²) in [7, 11) is -3.26. The fraction of sp³-hybridized carbons (Fsp3) is 0.235. The van der Waals surface area contributed by atoms with Crippen molar-refractivity contribution >= 4 is 15.9 Å². The van der Waals surface area contributed by atoms with E-state index in [0.29, 0.717) is 12.1 Å². The van der Waals surface area contributed by atoms with Crippen molar-refractivity contribution in [2.24, 2.45) is 0 Å². The number of hydrogen-bond donors (Lipinski definition) is 2. The van der Waals surface area contributed by atoms with Crippen molar-refractivity contribution in [1.29, 1.82) is 0 Å². The molecule has 0 radical (unpaired) electrons. The molecule has 0 spiro atoms. The van der Waals surface area contributed by atoms with Gasteiger partial charge in [0.2, 0.25) is 10.0 Å². The Balaban J connectivity index is 1.97. The fourth-order valence-corrected chi connectivity index (χ4v) is 2.46. The van der Waals surface area contributed by atoms with Crippen LogP contribution >= 0.6 is 0 Å². The Labute approximate surface area is 136 Å². The summed E-state index contributed by atoms with van der Waals surface area (Å²) in [6.45, 7) is 2.63. The molecule has 122 valence electrons. The number of benzene rings is 2. The average molecular weight is 332 g/mol. The average Bonchev–Trinajstić information content (AvgIpc) is 2.52. The highest BCUT2D eigenvalue weighted by atomic mass is 32.2. The summed E-state index contributed by atoms with van der Waals surface area (Å²) in [5, 5.41) is 2.86. The van der Waals surface area contributed by atoms with E-state index in [4.69, 9.17) is 0 Å². The van der Waals surface area contributed by atoms with Crippen LogP contribution in [0, 0.1) is 6.92 Å². The second-order valence-corrected chi connectivity index (χ2v) is 7.29. The summed E-state index contributed by atoms with van der Waals surface area (Å²) >= 11 is 0. The van der Waals surface area contributed by atoms with E-state index in [1.165, 1.54) is 5.56 Å². The molecule has 2 aromatic carbocycles. The zero-order chi connectivity index (χ0) is 16.9. The maximum Gasteiger partial charge on any atom is 0.251 e. The molecule has 5 nitrogen and oxygen atoms in total. The third-order valence-electron chi connectivity index (χ3n) is 3.30. The lowest BCUT2D eigenvalue weighted by Crippen LogP contribution is -2.24. The van der Waals surface area contributed by atoms with Crippen molar-refractivity contribution in [1.82, 2.24) is 10.0 Å². The van der Waals surface area contributed by atoms with Crippen molar-refractivity contribution in [2.75, 3.05) is 6.26 Å². The Bertz CT molecular complexity index is 784. The highest BCUT2D eigenvalue weighted by molar-refractivity contribution is 7.88. The lowest BCUT2D eigenvalue weighted by atomic mass is 10.1. The molecule has 23 heavy (non-hydrogen) atoms. The van der Waals surface area contributed by atoms with Gasteiger partial charge in [-0.25, -0.2) is 13.1 Å². The standard InChI is InChI=1S/C17H20N2O3S/c1-13-6-8-14(9-7-13)11-18-17(20)16-5-3-4-15(10-16)12-19-23(2,21)22/h3-10,19H,11-12H2,1-2H3,(H,18,20). The molecular formula is C17H20N2O3S. The van der Waals surface area contributed by atoms with Crippen LogP contribution in [0.1, 0.15) is 27.0 Å². The van der Waals surface area contributed by atoms with Gasteiger partial charge in [-0.3, -0.25) is 4.79 Å². The largest absolute Gasteiger partial charge is 0.348 e. The first kappa shape index (κ1) is 17.2. The first-order chi connectivity index (χ1) is 10.8. The zero-order valence-electron chi connectivity index (χ0n) is 13.2. The van der Waals surface area contributed by atoms with E-state index >= 15 is 0 Å². The van der Waals surface area contributed by atoms with Gasteiger partial charge in [-0.2, -0.15) is 0 Å². The van der Waals surface area contributed by atoms with Gasteiger partial charge in [0.05, 0.1) is 6.26 Å². The van der Waals surface area contributed by atoms with Crippen LogP contribution in [0.2, 0.25) is 0 Å². The van der Waals surface area contributed by atoms with E-state index in [9.17, 15) is 13.2 Å². The molecule has 2 N–H and O–H groups in total. The van der Waals surface area contributed by atoms with E-state index in [-0.39, 0.29) is 12.5 Å². The molecule has 0 fully saturated rings. The number of sulfonamides is 1. The molecule has 0 saturated heterocycles. The minimum atomic E-state index is -3.26. The summed E-state index contributed by atoms with van der Waals surface area (Å²) in [5.41, 5.74) is 3.44. The molecule has 0 bridgehead atoms. The summed E-state index contributed by atoms with van der Waals surface area (Å²) in [4.78, 5) is 12.2. The van der Waals surface area contributed by atoms with Gasteiger partial charge in [-0.15, -0.1) is 0 Å². The molecule has 2 rings (SSSR count). The van der Waals surface area contributed by atoms with Crippen molar-refractivity contribution in [2.45, 2.75) is 20.0 Å². The van der Waals surface area contributed by atoms with Gasteiger partial charge in [0.25, 0.3) is 5.91 Å². The lowest BCUT2D eigenvalue weighted by Gasteiger charge is -2.08. The van der Waals surface area contributed by atoms with E-state index in [0.717, 1.165) is 17.4 Å². The van der Waals surface area contributed by atoms with Crippen molar-refractivity contribution < 1.29 is 13.2 Å². The molecule has 2 aromatic rings. The normalized spacial score (nSPS) is 11.2. The number of hydrogen-bond acceptors (Lipinski definition) is 3. The Hall–Kier alpha value is -2.18. The Morgan fingerprint density at radius 2 is 1.70 bits per heavy atom. The van der Waals surface area contributed by atoms with Gasteiger partial charge in [0, 0.05) is 18.7 Å². The molecule has 0 aliphatic carbocycles. The topological polar surface area (TPSA) is 75.3 Å². The predicted molar refractivity (Wildman–Crippen MR) is 90.5 cm³/mol. The van der Waals surface area contributed by atoms with Crippen LogP contribution < -0.4 is 10.0 Å². The van der Waals surface area contributed by atoms with Crippen LogP contribution in [0.3, 0.4) is 0 Å². The summed E-state index contributed by atoms with van der Waals surface area (Å²) in [6, 6.07) is 14.8. The Morgan fingerprint density at radius 3 is 2.35 bits per heavy atom. The molecule has 0 heterocycles. The Kier molecular flexibility index (Phi) is 5.52. The maximum atomic E-state index is 12.2. The van der Waals surface area contributed by atoms with E-state index in [1.54, 1.807) is 24.3 Å². The van der Waals surface area contributed by atoms with Crippen LogP contribution in [0.5, 0.6) is 0 Å². The predicted octanol–water partition coefficient (Wildman–Crippen LogP) is 1.97. The number of carbonyl (C=O) groups is 1. The molecule has 0 aromatic heterocycles. The number of carbonyl (C=O) groups excluding carboxylic acids is 1. The second kappa shape index (κ2) is 7.39. The van der Waals surface area contributed by atoms with Crippen LogP contribution in [0.15, 0.2) is 48.5 Å². The van der Waals surface area contributed by atoms with Gasteiger partial charge in [0.1, 0.15) is 0 Å². The van der Waals surface area contributed by atoms with Crippen LogP contribution in [0.25, 0.3) is 0 Å².